The molecule has 3 nitrogen and oxygen atoms in total. The molecule has 0 aromatic heterocycles. The Kier molecular flexibility index (Phi) is 6.44. The van der Waals surface area contributed by atoms with Crippen molar-refractivity contribution in [2.24, 2.45) is 0 Å². The quantitative estimate of drug-likeness (QED) is 0.804. The summed E-state index contributed by atoms with van der Waals surface area (Å²) in [5.74, 6) is 0.0163. The number of benzene rings is 1. The Morgan fingerprint density at radius 3 is 2.39 bits per heavy atom. The van der Waals surface area contributed by atoms with Crippen LogP contribution < -0.4 is 5.32 Å². The molecule has 0 atom stereocenters. The predicted molar refractivity (Wildman–Crippen MR) is 75.9 cm³/mol. The molecule has 0 fully saturated rings. The number of hydrogen-bond acceptors (Lipinski definition) is 2. The molecule has 0 heterocycles. The van der Waals surface area contributed by atoms with Gasteiger partial charge in [-0.1, -0.05) is 31.5 Å². The highest BCUT2D eigenvalue weighted by atomic mass is 16.1. The third-order valence-electron chi connectivity index (χ3n) is 3.01. The van der Waals surface area contributed by atoms with Gasteiger partial charge in [-0.15, -0.1) is 0 Å². The van der Waals surface area contributed by atoms with Gasteiger partial charge in [-0.25, -0.2) is 0 Å². The van der Waals surface area contributed by atoms with Gasteiger partial charge in [0, 0.05) is 18.7 Å². The molecule has 1 amide bonds. The van der Waals surface area contributed by atoms with Crippen molar-refractivity contribution in [2.45, 2.75) is 27.2 Å². The first-order valence-electron chi connectivity index (χ1n) is 6.74. The van der Waals surface area contributed by atoms with Crippen LogP contribution in [0.25, 0.3) is 0 Å². The molecular formula is C15H24N2O. The Balaban J connectivity index is 2.35. The predicted octanol–water partition coefficient (Wildman–Crippen LogP) is 2.46. The zero-order valence-corrected chi connectivity index (χ0v) is 11.7. The Morgan fingerprint density at radius 1 is 1.17 bits per heavy atom. The minimum atomic E-state index is 0.0163. The van der Waals surface area contributed by atoms with Crippen LogP contribution >= 0.6 is 0 Å². The molecule has 1 N–H and O–H groups in total. The molecule has 0 spiro atoms. The maximum atomic E-state index is 11.9. The fourth-order valence-electron chi connectivity index (χ4n) is 1.88. The van der Waals surface area contributed by atoms with Crippen LogP contribution in [0.2, 0.25) is 0 Å². The van der Waals surface area contributed by atoms with Gasteiger partial charge in [0.2, 0.25) is 0 Å². The van der Waals surface area contributed by atoms with Crippen molar-refractivity contribution in [3.63, 3.8) is 0 Å². The lowest BCUT2D eigenvalue weighted by atomic mass is 10.1. The summed E-state index contributed by atoms with van der Waals surface area (Å²) in [6.07, 6.45) is 1.15. The van der Waals surface area contributed by atoms with Gasteiger partial charge in [-0.05, 0) is 38.6 Å². The first kappa shape index (κ1) is 14.7. The number of aryl methyl sites for hydroxylation is 1. The van der Waals surface area contributed by atoms with Gasteiger partial charge >= 0.3 is 0 Å². The third kappa shape index (κ3) is 4.88. The van der Waals surface area contributed by atoms with Crippen LogP contribution in [0.15, 0.2) is 24.3 Å². The molecule has 100 valence electrons. The molecule has 0 aliphatic rings. The molecular weight excluding hydrogens is 224 g/mol. The highest BCUT2D eigenvalue weighted by Crippen LogP contribution is 2.02. The fourth-order valence-corrected chi connectivity index (χ4v) is 1.88. The van der Waals surface area contributed by atoms with E-state index in [1.165, 1.54) is 5.56 Å². The highest BCUT2D eigenvalue weighted by molar-refractivity contribution is 5.94. The van der Waals surface area contributed by atoms with E-state index in [9.17, 15) is 4.79 Å². The van der Waals surface area contributed by atoms with E-state index in [1.807, 2.05) is 31.2 Å². The topological polar surface area (TPSA) is 32.3 Å². The fraction of sp³-hybridized carbons (Fsp3) is 0.533. The maximum Gasteiger partial charge on any atom is 0.251 e. The Bertz CT molecular complexity index is 359. The number of carbonyl (C=O) groups is 1. The molecule has 1 aromatic rings. The average Bonchev–Trinajstić information content (AvgIpc) is 2.38. The summed E-state index contributed by atoms with van der Waals surface area (Å²) in [5, 5.41) is 2.96. The Labute approximate surface area is 110 Å². The highest BCUT2D eigenvalue weighted by Gasteiger charge is 2.05. The van der Waals surface area contributed by atoms with Crippen LogP contribution in [0.4, 0.5) is 0 Å². The lowest BCUT2D eigenvalue weighted by Gasteiger charge is -2.19. The number of nitrogens with one attached hydrogen (secondary N) is 1. The second-order valence-electron chi connectivity index (χ2n) is 4.56. The average molecular weight is 248 g/mol. The first-order valence-corrected chi connectivity index (χ1v) is 6.74. The summed E-state index contributed by atoms with van der Waals surface area (Å²) in [6.45, 7) is 10.1. The van der Waals surface area contributed by atoms with Crippen LogP contribution in [0.1, 0.15) is 36.2 Å². The largest absolute Gasteiger partial charge is 0.351 e. The van der Waals surface area contributed by atoms with E-state index in [2.05, 4.69) is 24.1 Å². The minimum Gasteiger partial charge on any atom is -0.351 e. The molecule has 0 bridgehead atoms. The number of amides is 1. The van der Waals surface area contributed by atoms with Gasteiger partial charge < -0.3 is 10.2 Å². The van der Waals surface area contributed by atoms with Crippen LogP contribution in [0.3, 0.4) is 0 Å². The number of nitrogens with zero attached hydrogens (tertiary/aromatic N) is 1. The van der Waals surface area contributed by atoms with E-state index in [0.29, 0.717) is 6.54 Å². The van der Waals surface area contributed by atoms with Gasteiger partial charge in [0.25, 0.3) is 5.91 Å². The van der Waals surface area contributed by atoms with Crippen molar-refractivity contribution >= 4 is 5.91 Å². The number of likely N-dealkylation sites (N-methyl/N-ethyl adjacent to an activating group) is 1. The van der Waals surface area contributed by atoms with E-state index in [-0.39, 0.29) is 5.91 Å². The molecule has 0 aliphatic carbocycles. The summed E-state index contributed by atoms with van der Waals surface area (Å²) in [5.41, 5.74) is 1.91. The van der Waals surface area contributed by atoms with E-state index < -0.39 is 0 Å². The van der Waals surface area contributed by atoms with Crippen LogP contribution in [0, 0.1) is 6.92 Å². The third-order valence-corrected chi connectivity index (χ3v) is 3.01. The van der Waals surface area contributed by atoms with Crippen molar-refractivity contribution in [1.82, 2.24) is 10.2 Å². The summed E-state index contributed by atoms with van der Waals surface area (Å²) in [4.78, 5) is 14.2. The molecule has 0 radical (unpaired) electrons. The van der Waals surface area contributed by atoms with Crippen LogP contribution in [-0.2, 0) is 0 Å². The molecule has 0 saturated carbocycles. The summed E-state index contributed by atoms with van der Waals surface area (Å²) < 4.78 is 0. The van der Waals surface area contributed by atoms with Crippen molar-refractivity contribution in [3.05, 3.63) is 35.4 Å². The van der Waals surface area contributed by atoms with Crippen molar-refractivity contribution in [3.8, 4) is 0 Å². The molecule has 0 aliphatic heterocycles. The lowest BCUT2D eigenvalue weighted by Crippen LogP contribution is -2.35. The maximum absolute atomic E-state index is 11.9. The van der Waals surface area contributed by atoms with E-state index in [1.54, 1.807) is 0 Å². The van der Waals surface area contributed by atoms with Crippen LogP contribution in [-0.4, -0.2) is 37.0 Å². The monoisotopic (exact) mass is 248 g/mol. The van der Waals surface area contributed by atoms with Gasteiger partial charge in [0.1, 0.15) is 0 Å². The number of hydrogen-bond donors (Lipinski definition) is 1. The molecule has 0 saturated heterocycles. The van der Waals surface area contributed by atoms with Gasteiger partial charge in [0.15, 0.2) is 0 Å². The molecule has 1 rings (SSSR count). The zero-order chi connectivity index (χ0) is 13.4. The number of rotatable bonds is 7. The molecule has 0 unspecified atom stereocenters. The minimum absolute atomic E-state index is 0.0163. The SMILES string of the molecule is CCCN(CC)CCNC(=O)c1ccc(C)cc1. The second-order valence-corrected chi connectivity index (χ2v) is 4.56. The van der Waals surface area contributed by atoms with Crippen LogP contribution in [0.5, 0.6) is 0 Å². The zero-order valence-electron chi connectivity index (χ0n) is 11.7. The molecule has 18 heavy (non-hydrogen) atoms. The van der Waals surface area contributed by atoms with E-state index >= 15 is 0 Å². The van der Waals surface area contributed by atoms with Gasteiger partial charge in [-0.2, -0.15) is 0 Å². The Hall–Kier alpha value is -1.35. The van der Waals surface area contributed by atoms with Crippen molar-refractivity contribution < 1.29 is 4.79 Å². The normalized spacial score (nSPS) is 10.7. The first-order chi connectivity index (χ1) is 8.67. The van der Waals surface area contributed by atoms with Crippen molar-refractivity contribution in [2.75, 3.05) is 26.2 Å². The molecule has 3 heteroatoms. The van der Waals surface area contributed by atoms with Gasteiger partial charge in [-0.3, -0.25) is 4.79 Å². The smallest absolute Gasteiger partial charge is 0.251 e. The standard InChI is InChI=1S/C15H24N2O/c1-4-11-17(5-2)12-10-16-15(18)14-8-6-13(3)7-9-14/h6-9H,4-5,10-12H2,1-3H3,(H,16,18). The summed E-state index contributed by atoms with van der Waals surface area (Å²) >= 11 is 0. The second kappa shape index (κ2) is 7.88. The molecule has 1 aromatic carbocycles. The van der Waals surface area contributed by atoms with E-state index in [4.69, 9.17) is 0 Å². The number of carbonyl (C=O) groups excluding carboxylic acids is 1. The summed E-state index contributed by atoms with van der Waals surface area (Å²) in [7, 11) is 0. The van der Waals surface area contributed by atoms with Gasteiger partial charge in [0.05, 0.1) is 0 Å². The lowest BCUT2D eigenvalue weighted by molar-refractivity contribution is 0.0948. The Morgan fingerprint density at radius 2 is 1.83 bits per heavy atom. The van der Waals surface area contributed by atoms with Crippen molar-refractivity contribution in [1.29, 1.82) is 0 Å². The van der Waals surface area contributed by atoms with E-state index in [0.717, 1.165) is 31.6 Å². The summed E-state index contributed by atoms with van der Waals surface area (Å²) in [6, 6.07) is 7.66.